The number of carbonyl (C=O) groups excluding carboxylic acids is 1. The van der Waals surface area contributed by atoms with Crippen molar-refractivity contribution in [2.24, 2.45) is 17.9 Å². The van der Waals surface area contributed by atoms with Gasteiger partial charge in [-0.25, -0.2) is 8.42 Å². The van der Waals surface area contributed by atoms with Crippen molar-refractivity contribution in [3.8, 4) is 11.3 Å². The molecule has 2 fully saturated rings. The van der Waals surface area contributed by atoms with E-state index in [1.54, 1.807) is 30.5 Å². The second-order valence-electron chi connectivity index (χ2n) is 11.9. The number of nitrogens with one attached hydrogen (secondary N) is 1. The van der Waals surface area contributed by atoms with Gasteiger partial charge in [-0.2, -0.15) is 5.10 Å². The summed E-state index contributed by atoms with van der Waals surface area (Å²) in [5.74, 6) is -0.211. The number of hydrogen-bond acceptors (Lipinski definition) is 5. The van der Waals surface area contributed by atoms with E-state index in [1.165, 1.54) is 12.8 Å². The lowest BCUT2D eigenvalue weighted by Crippen LogP contribution is -2.35. The van der Waals surface area contributed by atoms with Gasteiger partial charge in [-0.05, 0) is 72.9 Å². The van der Waals surface area contributed by atoms with E-state index >= 15 is 0 Å². The average molecular weight is 521 g/mol. The zero-order chi connectivity index (χ0) is 26.4. The van der Waals surface area contributed by atoms with E-state index in [0.29, 0.717) is 16.7 Å². The van der Waals surface area contributed by atoms with Crippen LogP contribution >= 0.6 is 0 Å². The SMILES string of the molecule is Cn1nccc1-c1ccc(C(=O)Nc2cccc(S(=O)(=O)CC(C)(C)C)c2)c(N2CCC3(CC2)CC3)c1. The van der Waals surface area contributed by atoms with E-state index in [-0.39, 0.29) is 22.0 Å². The Balaban J connectivity index is 1.44. The predicted molar refractivity (Wildman–Crippen MR) is 148 cm³/mol. The van der Waals surface area contributed by atoms with Gasteiger partial charge in [0, 0.05) is 37.6 Å². The summed E-state index contributed by atoms with van der Waals surface area (Å²) in [4.78, 5) is 16.1. The van der Waals surface area contributed by atoms with Crippen molar-refractivity contribution < 1.29 is 13.2 Å². The largest absolute Gasteiger partial charge is 0.371 e. The van der Waals surface area contributed by atoms with Crippen LogP contribution in [0.4, 0.5) is 11.4 Å². The molecular weight excluding hydrogens is 484 g/mol. The number of rotatable bonds is 6. The number of carbonyl (C=O) groups is 1. The summed E-state index contributed by atoms with van der Waals surface area (Å²) in [5, 5.41) is 7.26. The van der Waals surface area contributed by atoms with Crippen LogP contribution in [0.1, 0.15) is 56.8 Å². The summed E-state index contributed by atoms with van der Waals surface area (Å²) in [6.07, 6.45) is 6.71. The van der Waals surface area contributed by atoms with Crippen LogP contribution < -0.4 is 10.2 Å². The number of aryl methyl sites for hydroxylation is 1. The number of benzene rings is 2. The van der Waals surface area contributed by atoms with Crippen LogP contribution in [0.15, 0.2) is 59.6 Å². The Bertz CT molecular complexity index is 1420. The summed E-state index contributed by atoms with van der Waals surface area (Å²) in [7, 11) is -1.56. The molecule has 1 spiro atoms. The Morgan fingerprint density at radius 1 is 1.03 bits per heavy atom. The van der Waals surface area contributed by atoms with E-state index < -0.39 is 9.84 Å². The third-order valence-corrected chi connectivity index (χ3v) is 9.77. The molecule has 2 aromatic carbocycles. The molecule has 1 aromatic heterocycles. The van der Waals surface area contributed by atoms with Crippen LogP contribution in [0.5, 0.6) is 0 Å². The molecule has 1 amide bonds. The van der Waals surface area contributed by atoms with Crippen molar-refractivity contribution in [3.63, 3.8) is 0 Å². The molecule has 196 valence electrons. The average Bonchev–Trinajstić information content (AvgIpc) is 3.44. The minimum absolute atomic E-state index is 0.0352. The third kappa shape index (κ3) is 5.59. The molecule has 37 heavy (non-hydrogen) atoms. The van der Waals surface area contributed by atoms with Gasteiger partial charge in [0.05, 0.1) is 27.6 Å². The molecule has 5 rings (SSSR count). The van der Waals surface area contributed by atoms with Gasteiger partial charge in [-0.1, -0.05) is 32.9 Å². The Morgan fingerprint density at radius 3 is 2.38 bits per heavy atom. The van der Waals surface area contributed by atoms with E-state index in [1.807, 2.05) is 50.7 Å². The van der Waals surface area contributed by atoms with Gasteiger partial charge < -0.3 is 10.2 Å². The maximum absolute atomic E-state index is 13.6. The lowest BCUT2D eigenvalue weighted by atomic mass is 9.92. The number of nitrogens with zero attached hydrogens (tertiary/aromatic N) is 3. The van der Waals surface area contributed by atoms with E-state index in [2.05, 4.69) is 21.4 Å². The first-order chi connectivity index (χ1) is 17.4. The molecule has 1 saturated heterocycles. The molecule has 1 N–H and O–H groups in total. The normalized spacial score (nSPS) is 17.1. The highest BCUT2D eigenvalue weighted by Crippen LogP contribution is 2.54. The van der Waals surface area contributed by atoms with Crippen LogP contribution in [-0.2, 0) is 16.9 Å². The second kappa shape index (κ2) is 9.31. The molecule has 0 radical (unpaired) electrons. The van der Waals surface area contributed by atoms with Crippen LogP contribution in [0.25, 0.3) is 11.3 Å². The molecule has 1 aliphatic carbocycles. The molecule has 1 saturated carbocycles. The fourth-order valence-electron chi connectivity index (χ4n) is 5.32. The van der Waals surface area contributed by atoms with E-state index in [0.717, 1.165) is 42.9 Å². The lowest BCUT2D eigenvalue weighted by molar-refractivity contribution is 0.102. The highest BCUT2D eigenvalue weighted by Gasteiger charge is 2.44. The molecule has 0 unspecified atom stereocenters. The molecular formula is C29H36N4O3S. The van der Waals surface area contributed by atoms with Gasteiger partial charge in [-0.3, -0.25) is 9.48 Å². The summed E-state index contributed by atoms with van der Waals surface area (Å²) < 4.78 is 27.7. The number of sulfone groups is 1. The first-order valence-electron chi connectivity index (χ1n) is 13.0. The molecule has 0 atom stereocenters. The van der Waals surface area contributed by atoms with Crippen molar-refractivity contribution in [1.82, 2.24) is 9.78 Å². The molecule has 3 aromatic rings. The van der Waals surface area contributed by atoms with Gasteiger partial charge in [-0.15, -0.1) is 0 Å². The molecule has 2 heterocycles. The van der Waals surface area contributed by atoms with Crippen LogP contribution in [-0.4, -0.2) is 42.9 Å². The van der Waals surface area contributed by atoms with Crippen molar-refractivity contribution >= 4 is 27.1 Å². The van der Waals surface area contributed by atoms with Crippen molar-refractivity contribution in [2.75, 3.05) is 29.1 Å². The first kappa shape index (κ1) is 25.5. The van der Waals surface area contributed by atoms with Gasteiger partial charge in [0.1, 0.15) is 0 Å². The standard InChI is InChI=1S/C29H36N4O3S/c1-28(2,3)20-37(35,36)23-7-5-6-22(19-23)31-27(34)24-9-8-21(25-10-15-30-32(25)4)18-26(24)33-16-13-29(11-12-29)14-17-33/h5-10,15,18-19H,11-14,16-17,20H2,1-4H3,(H,31,34). The van der Waals surface area contributed by atoms with Crippen LogP contribution in [0.2, 0.25) is 0 Å². The number of aromatic nitrogens is 2. The fourth-order valence-corrected chi connectivity index (χ4v) is 7.22. The fraction of sp³-hybridized carbons (Fsp3) is 0.448. The third-order valence-electron chi connectivity index (χ3n) is 7.55. The predicted octanol–water partition coefficient (Wildman–Crippen LogP) is 5.54. The maximum Gasteiger partial charge on any atom is 0.257 e. The van der Waals surface area contributed by atoms with Gasteiger partial charge in [0.2, 0.25) is 0 Å². The summed E-state index contributed by atoms with van der Waals surface area (Å²) in [5.41, 5.74) is 4.11. The highest BCUT2D eigenvalue weighted by molar-refractivity contribution is 7.91. The van der Waals surface area contributed by atoms with Gasteiger partial charge >= 0.3 is 0 Å². The smallest absolute Gasteiger partial charge is 0.257 e. The van der Waals surface area contributed by atoms with E-state index in [9.17, 15) is 13.2 Å². The maximum atomic E-state index is 13.6. The van der Waals surface area contributed by atoms with Gasteiger partial charge in [0.15, 0.2) is 9.84 Å². The monoisotopic (exact) mass is 520 g/mol. The molecule has 7 nitrogen and oxygen atoms in total. The number of amides is 1. The number of piperidine rings is 1. The quantitative estimate of drug-likeness (QED) is 0.461. The van der Waals surface area contributed by atoms with Crippen LogP contribution in [0.3, 0.4) is 0 Å². The summed E-state index contributed by atoms with van der Waals surface area (Å²) >= 11 is 0. The van der Waals surface area contributed by atoms with Gasteiger partial charge in [0.25, 0.3) is 5.91 Å². The molecule has 1 aliphatic heterocycles. The Kier molecular flexibility index (Phi) is 6.42. The van der Waals surface area contributed by atoms with E-state index in [4.69, 9.17) is 0 Å². The summed E-state index contributed by atoms with van der Waals surface area (Å²) in [6, 6.07) is 14.4. The highest BCUT2D eigenvalue weighted by atomic mass is 32.2. The minimum atomic E-state index is -3.47. The topological polar surface area (TPSA) is 84.3 Å². The van der Waals surface area contributed by atoms with Crippen LogP contribution in [0, 0.1) is 10.8 Å². The van der Waals surface area contributed by atoms with Crippen molar-refractivity contribution in [2.45, 2.75) is 51.3 Å². The Hall–Kier alpha value is -3.13. The minimum Gasteiger partial charge on any atom is -0.371 e. The van der Waals surface area contributed by atoms with Crippen molar-refractivity contribution in [3.05, 3.63) is 60.3 Å². The second-order valence-corrected chi connectivity index (χ2v) is 13.9. The zero-order valence-corrected chi connectivity index (χ0v) is 22.9. The number of hydrogen-bond donors (Lipinski definition) is 1. The first-order valence-corrected chi connectivity index (χ1v) is 14.6. The van der Waals surface area contributed by atoms with Crippen molar-refractivity contribution in [1.29, 1.82) is 0 Å². The molecule has 8 heteroatoms. The zero-order valence-electron chi connectivity index (χ0n) is 22.1. The number of anilines is 2. The summed E-state index contributed by atoms with van der Waals surface area (Å²) in [6.45, 7) is 7.56. The Labute approximate surface area is 219 Å². The molecule has 2 aliphatic rings. The lowest BCUT2D eigenvalue weighted by Gasteiger charge is -2.35. The Morgan fingerprint density at radius 2 is 1.76 bits per heavy atom. The molecule has 0 bridgehead atoms.